The first-order chi connectivity index (χ1) is 16.9. The van der Waals surface area contributed by atoms with Crippen LogP contribution in [0.15, 0.2) is 48.7 Å². The van der Waals surface area contributed by atoms with Crippen molar-refractivity contribution in [1.82, 2.24) is 10.3 Å². The van der Waals surface area contributed by atoms with Crippen LogP contribution in [0.3, 0.4) is 0 Å². The highest BCUT2D eigenvalue weighted by molar-refractivity contribution is 5.84. The van der Waals surface area contributed by atoms with E-state index in [1.54, 1.807) is 24.3 Å². The normalized spacial score (nSPS) is 20.3. The lowest BCUT2D eigenvalue weighted by atomic mass is 9.79. The van der Waals surface area contributed by atoms with Crippen LogP contribution in [0.1, 0.15) is 42.9 Å². The Morgan fingerprint density at radius 3 is 2.57 bits per heavy atom. The minimum Gasteiger partial charge on any atom is -0.497 e. The van der Waals surface area contributed by atoms with Crippen molar-refractivity contribution < 1.29 is 28.1 Å². The minimum absolute atomic E-state index is 0.112. The van der Waals surface area contributed by atoms with Crippen LogP contribution >= 0.6 is 0 Å². The summed E-state index contributed by atoms with van der Waals surface area (Å²) >= 11 is 0. The molecule has 0 unspecified atom stereocenters. The number of aromatic nitrogens is 1. The number of methoxy groups -OCH3 is 1. The number of nitrogens with zero attached hydrogens (tertiary/aromatic N) is 1. The van der Waals surface area contributed by atoms with Crippen molar-refractivity contribution in [3.05, 3.63) is 77.2 Å². The molecule has 0 radical (unpaired) electrons. The van der Waals surface area contributed by atoms with Crippen LogP contribution in [0.4, 0.5) is 13.2 Å². The summed E-state index contributed by atoms with van der Waals surface area (Å²) in [5, 5.41) is 25.7. The Morgan fingerprint density at radius 2 is 1.83 bits per heavy atom. The fraction of sp³-hybridized carbons (Fsp3) is 0.370. The molecule has 1 aliphatic carbocycles. The van der Waals surface area contributed by atoms with E-state index in [9.17, 15) is 23.4 Å². The highest BCUT2D eigenvalue weighted by atomic mass is 19.1. The molecule has 1 saturated carbocycles. The maximum atomic E-state index is 14.4. The summed E-state index contributed by atoms with van der Waals surface area (Å²) in [4.78, 5) is 4.07. The highest BCUT2D eigenvalue weighted by Gasteiger charge is 2.32. The summed E-state index contributed by atoms with van der Waals surface area (Å²) < 4.78 is 46.5. The molecular formula is C27H29F3N2O3. The number of aliphatic hydroxyl groups is 2. The third-order valence-electron chi connectivity index (χ3n) is 6.72. The summed E-state index contributed by atoms with van der Waals surface area (Å²) in [5.41, 5.74) is 0.734. The molecule has 8 heteroatoms. The molecule has 0 bridgehead atoms. The zero-order valence-corrected chi connectivity index (χ0v) is 19.4. The van der Waals surface area contributed by atoms with Gasteiger partial charge in [0.1, 0.15) is 29.0 Å². The van der Waals surface area contributed by atoms with Crippen molar-refractivity contribution in [1.29, 1.82) is 0 Å². The van der Waals surface area contributed by atoms with Crippen LogP contribution in [0.5, 0.6) is 5.75 Å². The number of rotatable bonds is 8. The molecule has 0 amide bonds. The van der Waals surface area contributed by atoms with Gasteiger partial charge in [0.25, 0.3) is 0 Å². The SMILES string of the molecule is COc1cc(F)c2nccc([C@@H](O)[C@H](O)[C@H]3CC[C@H](NC/C=C/c4cc(F)ccc4F)CC3)c2c1. The molecule has 3 N–H and O–H groups in total. The fourth-order valence-corrected chi connectivity index (χ4v) is 4.75. The van der Waals surface area contributed by atoms with Crippen LogP contribution < -0.4 is 10.1 Å². The van der Waals surface area contributed by atoms with E-state index in [2.05, 4.69) is 10.3 Å². The van der Waals surface area contributed by atoms with E-state index >= 15 is 0 Å². The Labute approximate surface area is 202 Å². The van der Waals surface area contributed by atoms with Crippen LogP contribution in [0.2, 0.25) is 0 Å². The van der Waals surface area contributed by atoms with E-state index in [4.69, 9.17) is 4.74 Å². The minimum atomic E-state index is -1.19. The molecule has 1 aromatic heterocycles. The van der Waals surface area contributed by atoms with Crippen molar-refractivity contribution in [2.75, 3.05) is 13.7 Å². The molecule has 0 spiro atoms. The van der Waals surface area contributed by atoms with Gasteiger partial charge in [-0.05, 0) is 67.5 Å². The Hall–Kier alpha value is -2.94. The molecule has 1 heterocycles. The number of benzene rings is 2. The third kappa shape index (κ3) is 5.83. The molecule has 3 aromatic rings. The number of ether oxygens (including phenoxy) is 1. The van der Waals surface area contributed by atoms with Gasteiger partial charge in [-0.25, -0.2) is 13.2 Å². The number of hydrogen-bond acceptors (Lipinski definition) is 5. The topological polar surface area (TPSA) is 74.6 Å². The summed E-state index contributed by atoms with van der Waals surface area (Å²) in [7, 11) is 1.43. The number of pyridine rings is 1. The van der Waals surface area contributed by atoms with Crippen LogP contribution in [-0.2, 0) is 0 Å². The second-order valence-corrected chi connectivity index (χ2v) is 8.93. The summed E-state index contributed by atoms with van der Waals surface area (Å²) in [6.07, 6.45) is 5.55. The summed E-state index contributed by atoms with van der Waals surface area (Å²) in [5.74, 6) is -1.31. The molecule has 0 aliphatic heterocycles. The van der Waals surface area contributed by atoms with E-state index in [1.165, 1.54) is 19.4 Å². The average Bonchev–Trinajstić information content (AvgIpc) is 2.87. The highest BCUT2D eigenvalue weighted by Crippen LogP contribution is 2.36. The standard InChI is InChI=1S/C27H29F3N2O3/c1-35-20-14-22-21(10-12-32-25(22)24(30)15-20)27(34)26(33)16-4-7-19(8-5-16)31-11-2-3-17-13-18(28)6-9-23(17)29/h2-3,6,9-10,12-16,19,26-27,31,33-34H,4-5,7-8,11H2,1H3/b3-2+/t16-,19-,26-,27-/m1/s1. The molecule has 2 aromatic carbocycles. The van der Waals surface area contributed by atoms with E-state index in [1.807, 2.05) is 0 Å². The number of hydrogen-bond donors (Lipinski definition) is 3. The van der Waals surface area contributed by atoms with Gasteiger partial charge in [-0.2, -0.15) is 0 Å². The average molecular weight is 487 g/mol. The van der Waals surface area contributed by atoms with Gasteiger partial charge >= 0.3 is 0 Å². The van der Waals surface area contributed by atoms with Gasteiger partial charge < -0.3 is 20.3 Å². The van der Waals surface area contributed by atoms with Crippen molar-refractivity contribution in [3.8, 4) is 5.75 Å². The molecule has 1 fully saturated rings. The van der Waals surface area contributed by atoms with Gasteiger partial charge in [-0.1, -0.05) is 12.2 Å². The third-order valence-corrected chi connectivity index (χ3v) is 6.72. The molecule has 186 valence electrons. The molecular weight excluding hydrogens is 457 g/mol. The van der Waals surface area contributed by atoms with Gasteiger partial charge in [-0.3, -0.25) is 4.98 Å². The van der Waals surface area contributed by atoms with Gasteiger partial charge in [0.05, 0.1) is 13.2 Å². The van der Waals surface area contributed by atoms with E-state index < -0.39 is 29.7 Å². The Balaban J connectivity index is 1.33. The Morgan fingerprint density at radius 1 is 1.06 bits per heavy atom. The van der Waals surface area contributed by atoms with Gasteiger partial charge in [-0.15, -0.1) is 0 Å². The van der Waals surface area contributed by atoms with Gasteiger partial charge in [0.2, 0.25) is 0 Å². The molecule has 0 saturated heterocycles. The number of halogens is 3. The molecule has 4 rings (SSSR count). The number of fused-ring (bicyclic) bond motifs is 1. The van der Waals surface area contributed by atoms with Crippen LogP contribution in [0.25, 0.3) is 17.0 Å². The Bertz CT molecular complexity index is 1200. The van der Waals surface area contributed by atoms with Crippen LogP contribution in [-0.4, -0.2) is 41.0 Å². The maximum Gasteiger partial charge on any atom is 0.153 e. The van der Waals surface area contributed by atoms with Gasteiger partial charge in [0.15, 0.2) is 5.82 Å². The van der Waals surface area contributed by atoms with E-state index in [0.29, 0.717) is 36.1 Å². The first-order valence-electron chi connectivity index (χ1n) is 11.7. The first-order valence-corrected chi connectivity index (χ1v) is 11.7. The molecule has 1 aliphatic rings. The van der Waals surface area contributed by atoms with Crippen molar-refractivity contribution in [3.63, 3.8) is 0 Å². The smallest absolute Gasteiger partial charge is 0.153 e. The first kappa shape index (κ1) is 25.2. The second-order valence-electron chi connectivity index (χ2n) is 8.93. The number of aliphatic hydroxyl groups excluding tert-OH is 2. The lowest BCUT2D eigenvalue weighted by Gasteiger charge is -2.34. The monoisotopic (exact) mass is 486 g/mol. The molecule has 2 atom stereocenters. The maximum absolute atomic E-state index is 14.4. The predicted octanol–water partition coefficient (Wildman–Crippen LogP) is 4.92. The summed E-state index contributed by atoms with van der Waals surface area (Å²) in [6.45, 7) is 0.507. The van der Waals surface area contributed by atoms with Crippen molar-refractivity contribution in [2.24, 2.45) is 5.92 Å². The lowest BCUT2D eigenvalue weighted by molar-refractivity contribution is -0.0299. The van der Waals surface area contributed by atoms with Crippen LogP contribution in [0, 0.1) is 23.4 Å². The number of nitrogens with one attached hydrogen (secondary N) is 1. The van der Waals surface area contributed by atoms with E-state index in [-0.39, 0.29) is 23.0 Å². The van der Waals surface area contributed by atoms with Gasteiger partial charge in [0, 0.05) is 35.8 Å². The van der Waals surface area contributed by atoms with E-state index in [0.717, 1.165) is 31.0 Å². The van der Waals surface area contributed by atoms with Crippen molar-refractivity contribution >= 4 is 17.0 Å². The summed E-state index contributed by atoms with van der Waals surface area (Å²) in [6, 6.07) is 8.00. The predicted molar refractivity (Wildman–Crippen MR) is 128 cm³/mol. The quantitative estimate of drug-likeness (QED) is 0.422. The lowest BCUT2D eigenvalue weighted by Crippen LogP contribution is -2.37. The van der Waals surface area contributed by atoms with Crippen molar-refractivity contribution in [2.45, 2.75) is 43.9 Å². The largest absolute Gasteiger partial charge is 0.497 e. The Kier molecular flexibility index (Phi) is 8.05. The molecule has 35 heavy (non-hydrogen) atoms. The zero-order chi connectivity index (χ0) is 24.9. The fourth-order valence-electron chi connectivity index (χ4n) is 4.75. The molecule has 5 nitrogen and oxygen atoms in total. The second kappa shape index (κ2) is 11.2. The zero-order valence-electron chi connectivity index (χ0n) is 19.4.